The predicted octanol–water partition coefficient (Wildman–Crippen LogP) is 3.30. The Morgan fingerprint density at radius 3 is 2.83 bits per heavy atom. The lowest BCUT2D eigenvalue weighted by Gasteiger charge is -2.30. The molecule has 0 saturated heterocycles. The van der Waals surface area contributed by atoms with Gasteiger partial charge in [0.25, 0.3) is 0 Å². The smallest absolute Gasteiger partial charge is 0.142 e. The van der Waals surface area contributed by atoms with Gasteiger partial charge in [-0.05, 0) is 36.1 Å². The van der Waals surface area contributed by atoms with Gasteiger partial charge in [-0.3, -0.25) is 0 Å². The maximum Gasteiger partial charge on any atom is 0.142 e. The van der Waals surface area contributed by atoms with E-state index in [1.54, 1.807) is 0 Å². The molecule has 2 heteroatoms. The van der Waals surface area contributed by atoms with E-state index in [0.717, 1.165) is 23.4 Å². The fourth-order valence-electron chi connectivity index (χ4n) is 2.48. The number of benzene rings is 2. The van der Waals surface area contributed by atoms with Crippen LogP contribution < -0.4 is 10.5 Å². The van der Waals surface area contributed by atoms with Crippen molar-refractivity contribution in [3.05, 3.63) is 59.2 Å². The second-order valence-electron chi connectivity index (χ2n) is 4.90. The normalized spacial score (nSPS) is 16.8. The minimum Gasteiger partial charge on any atom is -0.491 e. The molecule has 2 nitrogen and oxygen atoms in total. The Kier molecular flexibility index (Phi) is 2.71. The third-order valence-corrected chi connectivity index (χ3v) is 3.69. The number of rotatable bonds is 3. The summed E-state index contributed by atoms with van der Waals surface area (Å²) >= 11 is 0. The second-order valence-corrected chi connectivity index (χ2v) is 4.90. The van der Waals surface area contributed by atoms with Crippen LogP contribution in [0, 0.1) is 6.92 Å². The summed E-state index contributed by atoms with van der Waals surface area (Å²) in [6.07, 6.45) is 1.11. The average molecular weight is 239 g/mol. The van der Waals surface area contributed by atoms with E-state index in [0.29, 0.717) is 12.5 Å². The number of aryl methyl sites for hydroxylation is 1. The summed E-state index contributed by atoms with van der Waals surface area (Å²) in [6.45, 7) is 2.71. The molecule has 0 fully saturated rings. The van der Waals surface area contributed by atoms with E-state index < -0.39 is 0 Å². The summed E-state index contributed by atoms with van der Waals surface area (Å²) in [5.41, 5.74) is 10.7. The minimum atomic E-state index is 0.515. The van der Waals surface area contributed by atoms with Gasteiger partial charge in [-0.15, -0.1) is 0 Å². The number of hydrogen-bond acceptors (Lipinski definition) is 2. The van der Waals surface area contributed by atoms with E-state index in [1.807, 2.05) is 25.1 Å². The fourth-order valence-corrected chi connectivity index (χ4v) is 2.48. The number of anilines is 1. The number of ether oxygens (including phenoxy) is 1. The van der Waals surface area contributed by atoms with Crippen molar-refractivity contribution in [2.45, 2.75) is 19.3 Å². The largest absolute Gasteiger partial charge is 0.491 e. The van der Waals surface area contributed by atoms with Crippen LogP contribution in [0.2, 0.25) is 0 Å². The van der Waals surface area contributed by atoms with Gasteiger partial charge in [-0.2, -0.15) is 0 Å². The summed E-state index contributed by atoms with van der Waals surface area (Å²) in [6, 6.07) is 14.5. The summed E-state index contributed by atoms with van der Waals surface area (Å²) in [7, 11) is 0. The third-order valence-electron chi connectivity index (χ3n) is 3.69. The zero-order valence-corrected chi connectivity index (χ0v) is 10.5. The van der Waals surface area contributed by atoms with Gasteiger partial charge in [0.05, 0.1) is 12.3 Å². The first-order valence-corrected chi connectivity index (χ1v) is 6.31. The minimum absolute atomic E-state index is 0.515. The molecule has 0 amide bonds. The van der Waals surface area contributed by atoms with Crippen molar-refractivity contribution in [1.82, 2.24) is 0 Å². The highest BCUT2D eigenvalue weighted by Crippen LogP contribution is 2.35. The van der Waals surface area contributed by atoms with Crippen LogP contribution in [0.5, 0.6) is 5.75 Å². The lowest BCUT2D eigenvalue weighted by atomic mass is 9.78. The van der Waals surface area contributed by atoms with E-state index in [1.165, 1.54) is 11.1 Å². The molecule has 0 radical (unpaired) electrons. The number of fused-ring (bicyclic) bond motifs is 1. The van der Waals surface area contributed by atoms with Crippen LogP contribution in [0.25, 0.3) is 0 Å². The zero-order chi connectivity index (χ0) is 12.5. The Balaban J connectivity index is 1.69. The third kappa shape index (κ3) is 1.84. The highest BCUT2D eigenvalue weighted by Gasteiger charge is 2.25. The summed E-state index contributed by atoms with van der Waals surface area (Å²) in [5, 5.41) is 0. The van der Waals surface area contributed by atoms with Crippen molar-refractivity contribution in [1.29, 1.82) is 0 Å². The quantitative estimate of drug-likeness (QED) is 0.834. The standard InChI is InChI=1S/C16H17NO/c1-11-5-4-8-15(16(11)17)18-10-13-9-12-6-2-3-7-14(12)13/h2-8,13H,9-10,17H2,1H3. The zero-order valence-electron chi connectivity index (χ0n) is 10.5. The molecule has 0 aliphatic heterocycles. The highest BCUT2D eigenvalue weighted by molar-refractivity contribution is 5.57. The molecule has 0 saturated carbocycles. The highest BCUT2D eigenvalue weighted by atomic mass is 16.5. The number of para-hydroxylation sites is 1. The molecule has 92 valence electrons. The molecule has 1 aliphatic carbocycles. The average Bonchev–Trinajstić information content (AvgIpc) is 2.35. The first-order valence-electron chi connectivity index (χ1n) is 6.31. The summed E-state index contributed by atoms with van der Waals surface area (Å²) < 4.78 is 5.85. The summed E-state index contributed by atoms with van der Waals surface area (Å²) in [4.78, 5) is 0. The molecule has 3 rings (SSSR count). The second kappa shape index (κ2) is 4.37. The molecular weight excluding hydrogens is 222 g/mol. The lowest BCUT2D eigenvalue weighted by Crippen LogP contribution is -2.23. The van der Waals surface area contributed by atoms with Crippen molar-refractivity contribution in [3.8, 4) is 5.75 Å². The van der Waals surface area contributed by atoms with Crippen molar-refractivity contribution in [3.63, 3.8) is 0 Å². The topological polar surface area (TPSA) is 35.2 Å². The maximum absolute atomic E-state index is 6.00. The first-order chi connectivity index (χ1) is 8.75. The van der Waals surface area contributed by atoms with Crippen molar-refractivity contribution < 1.29 is 4.74 Å². The van der Waals surface area contributed by atoms with Gasteiger partial charge < -0.3 is 10.5 Å². The van der Waals surface area contributed by atoms with E-state index in [4.69, 9.17) is 10.5 Å². The van der Waals surface area contributed by atoms with E-state index >= 15 is 0 Å². The van der Waals surface area contributed by atoms with Crippen LogP contribution in [-0.4, -0.2) is 6.61 Å². The van der Waals surface area contributed by atoms with Gasteiger partial charge >= 0.3 is 0 Å². The predicted molar refractivity (Wildman–Crippen MR) is 74.0 cm³/mol. The van der Waals surface area contributed by atoms with Crippen LogP contribution in [0.4, 0.5) is 5.69 Å². The molecule has 0 bridgehead atoms. The molecule has 2 N–H and O–H groups in total. The Morgan fingerprint density at radius 2 is 2.00 bits per heavy atom. The monoisotopic (exact) mass is 239 g/mol. The molecule has 1 aliphatic rings. The first kappa shape index (κ1) is 11.1. The lowest BCUT2D eigenvalue weighted by molar-refractivity contribution is 0.276. The molecule has 0 heterocycles. The van der Waals surface area contributed by atoms with E-state index in [9.17, 15) is 0 Å². The SMILES string of the molecule is Cc1cccc(OCC2Cc3ccccc32)c1N. The number of nitrogens with two attached hydrogens (primary N) is 1. The Hall–Kier alpha value is -1.96. The van der Waals surface area contributed by atoms with Crippen molar-refractivity contribution in [2.75, 3.05) is 12.3 Å². The van der Waals surface area contributed by atoms with Gasteiger partial charge in [-0.1, -0.05) is 36.4 Å². The molecule has 2 aromatic rings. The maximum atomic E-state index is 6.00. The molecule has 1 atom stereocenters. The molecule has 1 unspecified atom stereocenters. The summed E-state index contributed by atoms with van der Waals surface area (Å²) in [5.74, 6) is 1.32. The van der Waals surface area contributed by atoms with Gasteiger partial charge in [0.2, 0.25) is 0 Å². The van der Waals surface area contributed by atoms with Gasteiger partial charge in [0.15, 0.2) is 0 Å². The van der Waals surface area contributed by atoms with E-state index in [-0.39, 0.29) is 0 Å². The Bertz CT molecular complexity index is 577. The van der Waals surface area contributed by atoms with Gasteiger partial charge in [0, 0.05) is 5.92 Å². The van der Waals surface area contributed by atoms with Gasteiger partial charge in [-0.25, -0.2) is 0 Å². The Labute approximate surface area is 107 Å². The van der Waals surface area contributed by atoms with Gasteiger partial charge in [0.1, 0.15) is 5.75 Å². The molecular formula is C16H17NO. The number of hydrogen-bond donors (Lipinski definition) is 1. The number of nitrogen functional groups attached to an aromatic ring is 1. The van der Waals surface area contributed by atoms with Crippen LogP contribution in [0.1, 0.15) is 22.6 Å². The van der Waals surface area contributed by atoms with Crippen LogP contribution >= 0.6 is 0 Å². The van der Waals surface area contributed by atoms with E-state index in [2.05, 4.69) is 24.3 Å². The van der Waals surface area contributed by atoms with Crippen molar-refractivity contribution >= 4 is 5.69 Å². The van der Waals surface area contributed by atoms with Crippen LogP contribution in [0.15, 0.2) is 42.5 Å². The molecule has 0 spiro atoms. The fraction of sp³-hybridized carbons (Fsp3) is 0.250. The molecule has 18 heavy (non-hydrogen) atoms. The van der Waals surface area contributed by atoms with Crippen LogP contribution in [0.3, 0.4) is 0 Å². The van der Waals surface area contributed by atoms with Crippen molar-refractivity contribution in [2.24, 2.45) is 0 Å². The van der Waals surface area contributed by atoms with Crippen LogP contribution in [-0.2, 0) is 6.42 Å². The molecule has 2 aromatic carbocycles. The Morgan fingerprint density at radius 1 is 1.17 bits per heavy atom. The molecule has 0 aromatic heterocycles.